The molecule has 0 atom stereocenters. The number of ketones is 1. The third kappa shape index (κ3) is 3.99. The maximum atomic E-state index is 12.6. The standard InChI is InChI=1S/C24H21N3O2/c1-15-4-5-18(23-14-29-17(3)27-23)10-21(15)19-6-7-20(26-12-19)11-24(28)22-13-25-9-8-16(22)2/h4-10,12-14H,11H2,1-3H3. The van der Waals surface area contributed by atoms with E-state index < -0.39 is 0 Å². The van der Waals surface area contributed by atoms with Crippen molar-refractivity contribution < 1.29 is 9.21 Å². The number of carbonyl (C=O) groups excluding carboxylic acids is 1. The number of carbonyl (C=O) groups is 1. The fraction of sp³-hybridized carbons (Fsp3) is 0.167. The van der Waals surface area contributed by atoms with Gasteiger partial charge in [-0.1, -0.05) is 18.2 Å². The molecule has 0 spiro atoms. The third-order valence-electron chi connectivity index (χ3n) is 4.97. The Balaban J connectivity index is 1.58. The van der Waals surface area contributed by atoms with Gasteiger partial charge in [-0.15, -0.1) is 0 Å². The molecule has 5 heteroatoms. The van der Waals surface area contributed by atoms with Crippen LogP contribution in [0.5, 0.6) is 0 Å². The molecule has 3 aromatic heterocycles. The molecule has 0 saturated carbocycles. The van der Waals surface area contributed by atoms with Gasteiger partial charge in [0, 0.05) is 47.9 Å². The summed E-state index contributed by atoms with van der Waals surface area (Å²) in [5.74, 6) is 0.664. The van der Waals surface area contributed by atoms with E-state index in [9.17, 15) is 4.79 Å². The molecule has 0 unspecified atom stereocenters. The number of nitrogens with zero attached hydrogens (tertiary/aromatic N) is 3. The van der Waals surface area contributed by atoms with Crippen molar-refractivity contribution in [2.45, 2.75) is 27.2 Å². The lowest BCUT2D eigenvalue weighted by Crippen LogP contribution is -2.07. The van der Waals surface area contributed by atoms with Gasteiger partial charge in [0.15, 0.2) is 11.7 Å². The first kappa shape index (κ1) is 18.7. The Kier molecular flexibility index (Phi) is 5.04. The van der Waals surface area contributed by atoms with Crippen LogP contribution in [0.4, 0.5) is 0 Å². The molecule has 0 bridgehead atoms. The summed E-state index contributed by atoms with van der Waals surface area (Å²) < 4.78 is 5.33. The van der Waals surface area contributed by atoms with Crippen molar-refractivity contribution in [3.63, 3.8) is 0 Å². The van der Waals surface area contributed by atoms with Crippen LogP contribution in [0.1, 0.15) is 33.1 Å². The highest BCUT2D eigenvalue weighted by molar-refractivity contribution is 5.98. The normalized spacial score (nSPS) is 10.9. The average Bonchev–Trinajstić information content (AvgIpc) is 3.16. The number of rotatable bonds is 5. The van der Waals surface area contributed by atoms with Gasteiger partial charge in [0.2, 0.25) is 0 Å². The van der Waals surface area contributed by atoms with Gasteiger partial charge < -0.3 is 4.42 Å². The van der Waals surface area contributed by atoms with Crippen LogP contribution >= 0.6 is 0 Å². The minimum absolute atomic E-state index is 0.0235. The predicted molar refractivity (Wildman–Crippen MR) is 112 cm³/mol. The summed E-state index contributed by atoms with van der Waals surface area (Å²) in [6.07, 6.45) is 7.04. The molecule has 0 N–H and O–H groups in total. The van der Waals surface area contributed by atoms with Crippen LogP contribution in [0, 0.1) is 20.8 Å². The highest BCUT2D eigenvalue weighted by atomic mass is 16.3. The minimum atomic E-state index is 0.0235. The molecule has 1 aromatic carbocycles. The molecule has 0 radical (unpaired) electrons. The predicted octanol–water partition coefficient (Wildman–Crippen LogP) is 5.15. The zero-order valence-corrected chi connectivity index (χ0v) is 16.6. The molecule has 4 aromatic rings. The fourth-order valence-corrected chi connectivity index (χ4v) is 3.29. The van der Waals surface area contributed by atoms with Crippen molar-refractivity contribution in [3.05, 3.63) is 89.5 Å². The van der Waals surface area contributed by atoms with Crippen LogP contribution in [0.25, 0.3) is 22.4 Å². The summed E-state index contributed by atoms with van der Waals surface area (Å²) in [4.78, 5) is 25.5. The van der Waals surface area contributed by atoms with Crippen molar-refractivity contribution in [3.8, 4) is 22.4 Å². The number of hydrogen-bond donors (Lipinski definition) is 0. The van der Waals surface area contributed by atoms with Crippen LogP contribution in [-0.4, -0.2) is 20.7 Å². The topological polar surface area (TPSA) is 68.9 Å². The highest BCUT2D eigenvalue weighted by Crippen LogP contribution is 2.29. The molecule has 144 valence electrons. The molecular formula is C24H21N3O2. The van der Waals surface area contributed by atoms with Crippen molar-refractivity contribution in [1.29, 1.82) is 0 Å². The van der Waals surface area contributed by atoms with E-state index in [-0.39, 0.29) is 12.2 Å². The Morgan fingerprint density at radius 1 is 0.966 bits per heavy atom. The summed E-state index contributed by atoms with van der Waals surface area (Å²) in [6, 6.07) is 11.9. The van der Waals surface area contributed by atoms with Crippen molar-refractivity contribution >= 4 is 5.78 Å². The lowest BCUT2D eigenvalue weighted by Gasteiger charge is -2.09. The molecule has 0 saturated heterocycles. The molecule has 0 aliphatic rings. The largest absolute Gasteiger partial charge is 0.449 e. The first-order valence-corrected chi connectivity index (χ1v) is 9.43. The van der Waals surface area contributed by atoms with Gasteiger partial charge in [-0.3, -0.25) is 14.8 Å². The van der Waals surface area contributed by atoms with Crippen LogP contribution in [-0.2, 0) is 6.42 Å². The molecule has 0 aliphatic carbocycles. The van der Waals surface area contributed by atoms with E-state index in [0.29, 0.717) is 11.5 Å². The smallest absolute Gasteiger partial charge is 0.191 e. The minimum Gasteiger partial charge on any atom is -0.449 e. The first-order valence-electron chi connectivity index (χ1n) is 9.43. The third-order valence-corrected chi connectivity index (χ3v) is 4.97. The van der Waals surface area contributed by atoms with Gasteiger partial charge in [-0.05, 0) is 48.7 Å². The summed E-state index contributed by atoms with van der Waals surface area (Å²) in [6.45, 7) is 5.81. The number of Topliss-reactive ketones (excluding diaryl/α,β-unsaturated/α-hetero) is 1. The van der Waals surface area contributed by atoms with Crippen molar-refractivity contribution in [2.24, 2.45) is 0 Å². The van der Waals surface area contributed by atoms with Crippen molar-refractivity contribution in [1.82, 2.24) is 15.0 Å². The van der Waals surface area contributed by atoms with E-state index in [4.69, 9.17) is 4.42 Å². The molecule has 0 aliphatic heterocycles. The summed E-state index contributed by atoms with van der Waals surface area (Å²) in [5, 5.41) is 0. The van der Waals surface area contributed by atoms with E-state index in [1.165, 1.54) is 0 Å². The van der Waals surface area contributed by atoms with Gasteiger partial charge >= 0.3 is 0 Å². The molecule has 5 nitrogen and oxygen atoms in total. The van der Waals surface area contributed by atoms with Crippen molar-refractivity contribution in [2.75, 3.05) is 0 Å². The van der Waals surface area contributed by atoms with Gasteiger partial charge in [0.25, 0.3) is 0 Å². The fourth-order valence-electron chi connectivity index (χ4n) is 3.29. The van der Waals surface area contributed by atoms with E-state index in [0.717, 1.165) is 39.2 Å². The lowest BCUT2D eigenvalue weighted by molar-refractivity contribution is 0.0991. The molecule has 4 rings (SSSR count). The number of oxazole rings is 1. The molecule has 3 heterocycles. The monoisotopic (exact) mass is 383 g/mol. The second-order valence-corrected chi connectivity index (χ2v) is 7.11. The Labute approximate surface area is 169 Å². The summed E-state index contributed by atoms with van der Waals surface area (Å²) >= 11 is 0. The number of aromatic nitrogens is 3. The second-order valence-electron chi connectivity index (χ2n) is 7.11. The van der Waals surface area contributed by atoms with E-state index >= 15 is 0 Å². The average molecular weight is 383 g/mol. The summed E-state index contributed by atoms with van der Waals surface area (Å²) in [7, 11) is 0. The van der Waals surface area contributed by atoms with E-state index in [2.05, 4.69) is 34.0 Å². The van der Waals surface area contributed by atoms with Crippen LogP contribution in [0.3, 0.4) is 0 Å². The van der Waals surface area contributed by atoms with Crippen LogP contribution < -0.4 is 0 Å². The number of benzene rings is 1. The highest BCUT2D eigenvalue weighted by Gasteiger charge is 2.12. The number of aryl methyl sites for hydroxylation is 3. The Bertz CT molecular complexity index is 1180. The molecule has 0 amide bonds. The Morgan fingerprint density at radius 3 is 2.48 bits per heavy atom. The number of hydrogen-bond acceptors (Lipinski definition) is 5. The maximum Gasteiger partial charge on any atom is 0.191 e. The maximum absolute atomic E-state index is 12.6. The molecule has 0 fully saturated rings. The first-order chi connectivity index (χ1) is 14.0. The Morgan fingerprint density at radius 2 is 1.79 bits per heavy atom. The lowest BCUT2D eigenvalue weighted by atomic mass is 9.97. The number of pyridine rings is 2. The van der Waals surface area contributed by atoms with Gasteiger partial charge in [-0.2, -0.15) is 0 Å². The molecule has 29 heavy (non-hydrogen) atoms. The zero-order chi connectivity index (χ0) is 20.4. The van der Waals surface area contributed by atoms with Crippen LogP contribution in [0.2, 0.25) is 0 Å². The van der Waals surface area contributed by atoms with Gasteiger partial charge in [0.05, 0.1) is 6.42 Å². The van der Waals surface area contributed by atoms with E-state index in [1.807, 2.05) is 44.3 Å². The zero-order valence-electron chi connectivity index (χ0n) is 16.6. The quantitative estimate of drug-likeness (QED) is 0.446. The SMILES string of the molecule is Cc1nc(-c2ccc(C)c(-c3ccc(CC(=O)c4cnccc4C)nc3)c2)co1. The molecular weight excluding hydrogens is 362 g/mol. The Hall–Kier alpha value is -3.60. The van der Waals surface area contributed by atoms with Crippen LogP contribution in [0.15, 0.2) is 65.7 Å². The second kappa shape index (κ2) is 7.80. The van der Waals surface area contributed by atoms with E-state index in [1.54, 1.807) is 18.7 Å². The van der Waals surface area contributed by atoms with Gasteiger partial charge in [0.1, 0.15) is 12.0 Å². The van der Waals surface area contributed by atoms with Gasteiger partial charge in [-0.25, -0.2) is 4.98 Å². The summed E-state index contributed by atoms with van der Waals surface area (Å²) in [5.41, 5.74) is 7.34.